The quantitative estimate of drug-likeness (QED) is 0.873. The maximum absolute atomic E-state index is 13.0. The Hall–Kier alpha value is -2.22. The number of hydrogen-bond acceptors (Lipinski definition) is 4. The smallest absolute Gasteiger partial charge is 0.299 e. The SMILES string of the molecule is O=C1N(Cc2ccccc2)S(=O)(=O)NC12CCN(Cc1ccccc1)CC2. The Morgan fingerprint density at radius 1 is 0.852 bits per heavy atom. The summed E-state index contributed by atoms with van der Waals surface area (Å²) in [5, 5.41) is 0. The van der Waals surface area contributed by atoms with Crippen molar-refractivity contribution < 1.29 is 13.2 Å². The first-order valence-corrected chi connectivity index (χ1v) is 10.6. The van der Waals surface area contributed by atoms with E-state index in [-0.39, 0.29) is 12.5 Å². The van der Waals surface area contributed by atoms with Gasteiger partial charge in [0.05, 0.1) is 6.54 Å². The molecule has 2 aromatic rings. The van der Waals surface area contributed by atoms with Gasteiger partial charge in [-0.15, -0.1) is 0 Å². The normalized spacial score (nSPS) is 21.6. The molecule has 4 rings (SSSR count). The molecule has 1 N–H and O–H groups in total. The van der Waals surface area contributed by atoms with Gasteiger partial charge < -0.3 is 0 Å². The van der Waals surface area contributed by atoms with Gasteiger partial charge in [-0.1, -0.05) is 60.7 Å². The second kappa shape index (κ2) is 7.07. The maximum Gasteiger partial charge on any atom is 0.305 e. The highest BCUT2D eigenvalue weighted by atomic mass is 32.2. The van der Waals surface area contributed by atoms with Crippen LogP contribution in [0.25, 0.3) is 0 Å². The predicted molar refractivity (Wildman–Crippen MR) is 103 cm³/mol. The van der Waals surface area contributed by atoms with Crippen molar-refractivity contribution in [3.05, 3.63) is 71.8 Å². The summed E-state index contributed by atoms with van der Waals surface area (Å²) in [6.45, 7) is 2.25. The molecule has 0 aliphatic carbocycles. The van der Waals surface area contributed by atoms with Gasteiger partial charge in [0, 0.05) is 19.6 Å². The monoisotopic (exact) mass is 385 g/mol. The first-order valence-electron chi connectivity index (χ1n) is 9.15. The van der Waals surface area contributed by atoms with Gasteiger partial charge in [-0.2, -0.15) is 13.1 Å². The van der Waals surface area contributed by atoms with E-state index in [0.717, 1.165) is 16.4 Å². The third kappa shape index (κ3) is 3.63. The fourth-order valence-corrected chi connectivity index (χ4v) is 5.46. The molecule has 2 heterocycles. The minimum atomic E-state index is -3.80. The number of rotatable bonds is 4. The second-order valence-electron chi connectivity index (χ2n) is 7.25. The standard InChI is InChI=1S/C20H23N3O3S/c24-19-20(11-13-22(14-12-20)15-17-7-3-1-4-8-17)21-27(25,26)23(19)16-18-9-5-2-6-10-18/h1-10,21H,11-16H2. The van der Waals surface area contributed by atoms with Crippen molar-refractivity contribution in [1.29, 1.82) is 0 Å². The number of benzene rings is 2. The molecule has 0 aromatic heterocycles. The molecule has 0 radical (unpaired) electrons. The Morgan fingerprint density at radius 3 is 1.93 bits per heavy atom. The second-order valence-corrected chi connectivity index (χ2v) is 8.84. The molecule has 7 heteroatoms. The van der Waals surface area contributed by atoms with Crippen molar-refractivity contribution in [2.24, 2.45) is 0 Å². The molecule has 6 nitrogen and oxygen atoms in total. The lowest BCUT2D eigenvalue weighted by Gasteiger charge is -2.36. The average molecular weight is 385 g/mol. The zero-order valence-electron chi connectivity index (χ0n) is 15.0. The highest BCUT2D eigenvalue weighted by molar-refractivity contribution is 7.88. The maximum atomic E-state index is 13.0. The number of nitrogens with one attached hydrogen (secondary N) is 1. The van der Waals surface area contributed by atoms with E-state index >= 15 is 0 Å². The number of amides is 1. The molecular formula is C20H23N3O3S. The summed E-state index contributed by atoms with van der Waals surface area (Å²) in [7, 11) is -3.80. The number of carbonyl (C=O) groups is 1. The summed E-state index contributed by atoms with van der Waals surface area (Å²) in [5.74, 6) is -0.328. The van der Waals surface area contributed by atoms with Crippen molar-refractivity contribution in [2.75, 3.05) is 13.1 Å². The Labute approximate surface area is 160 Å². The van der Waals surface area contributed by atoms with Crippen LogP contribution in [0.15, 0.2) is 60.7 Å². The van der Waals surface area contributed by atoms with E-state index in [1.807, 2.05) is 48.5 Å². The lowest BCUT2D eigenvalue weighted by atomic mass is 9.87. The van der Waals surface area contributed by atoms with Gasteiger partial charge in [0.2, 0.25) is 0 Å². The molecule has 2 aromatic carbocycles. The van der Waals surface area contributed by atoms with Gasteiger partial charge in [-0.05, 0) is 24.0 Å². The number of likely N-dealkylation sites (tertiary alicyclic amines) is 1. The molecule has 142 valence electrons. The first kappa shape index (κ1) is 18.2. The van der Waals surface area contributed by atoms with Crippen LogP contribution in [0.1, 0.15) is 24.0 Å². The molecule has 0 saturated carbocycles. The Bertz CT molecular complexity index is 908. The molecule has 1 spiro atoms. The summed E-state index contributed by atoms with van der Waals surface area (Å²) in [6.07, 6.45) is 0.979. The molecular weight excluding hydrogens is 362 g/mol. The number of hydrogen-bond donors (Lipinski definition) is 1. The largest absolute Gasteiger partial charge is 0.305 e. The topological polar surface area (TPSA) is 69.7 Å². The molecule has 2 saturated heterocycles. The molecule has 0 atom stereocenters. The zero-order valence-corrected chi connectivity index (χ0v) is 15.9. The van der Waals surface area contributed by atoms with Crippen LogP contribution >= 0.6 is 0 Å². The Balaban J connectivity index is 1.46. The fourth-order valence-electron chi connectivity index (χ4n) is 3.85. The van der Waals surface area contributed by atoms with Crippen molar-refractivity contribution in [2.45, 2.75) is 31.5 Å². The summed E-state index contributed by atoms with van der Waals surface area (Å²) in [5.41, 5.74) is 1.02. The molecule has 1 amide bonds. The van der Waals surface area contributed by atoms with E-state index in [0.29, 0.717) is 25.9 Å². The highest BCUT2D eigenvalue weighted by Gasteiger charge is 2.55. The Kier molecular flexibility index (Phi) is 4.75. The molecule has 27 heavy (non-hydrogen) atoms. The molecule has 2 fully saturated rings. The average Bonchev–Trinajstić information content (AvgIpc) is 2.86. The van der Waals surface area contributed by atoms with Crippen molar-refractivity contribution in [1.82, 2.24) is 13.9 Å². The minimum absolute atomic E-state index is 0.0739. The van der Waals surface area contributed by atoms with Crippen LogP contribution in [0.4, 0.5) is 0 Å². The van der Waals surface area contributed by atoms with Crippen molar-refractivity contribution in [3.8, 4) is 0 Å². The lowest BCUT2D eigenvalue weighted by molar-refractivity contribution is -0.132. The number of nitrogens with zero attached hydrogens (tertiary/aromatic N) is 2. The first-order chi connectivity index (χ1) is 13.0. The van der Waals surface area contributed by atoms with E-state index in [1.54, 1.807) is 0 Å². The summed E-state index contributed by atoms with van der Waals surface area (Å²) in [4.78, 5) is 15.3. The summed E-state index contributed by atoms with van der Waals surface area (Å²) >= 11 is 0. The predicted octanol–water partition coefficient (Wildman–Crippen LogP) is 1.90. The van der Waals surface area contributed by atoms with Gasteiger partial charge in [0.25, 0.3) is 5.91 Å². The van der Waals surface area contributed by atoms with Gasteiger partial charge in [0.15, 0.2) is 0 Å². The highest BCUT2D eigenvalue weighted by Crippen LogP contribution is 2.33. The van der Waals surface area contributed by atoms with Gasteiger partial charge in [-0.25, -0.2) is 4.31 Å². The van der Waals surface area contributed by atoms with Crippen LogP contribution in [0.5, 0.6) is 0 Å². The molecule has 2 aliphatic heterocycles. The van der Waals surface area contributed by atoms with Gasteiger partial charge in [0.1, 0.15) is 5.54 Å². The van der Waals surface area contributed by atoms with Crippen LogP contribution in [-0.2, 0) is 28.1 Å². The molecule has 0 bridgehead atoms. The zero-order chi connectivity index (χ0) is 18.9. The number of piperidine rings is 1. The molecule has 0 unspecified atom stereocenters. The van der Waals surface area contributed by atoms with Gasteiger partial charge >= 0.3 is 10.2 Å². The van der Waals surface area contributed by atoms with E-state index < -0.39 is 15.7 Å². The minimum Gasteiger partial charge on any atom is -0.299 e. The summed E-state index contributed by atoms with van der Waals surface area (Å²) < 4.78 is 28.9. The van der Waals surface area contributed by atoms with Crippen LogP contribution in [0.3, 0.4) is 0 Å². The third-order valence-electron chi connectivity index (χ3n) is 5.38. The summed E-state index contributed by atoms with van der Waals surface area (Å²) in [6, 6.07) is 19.4. The van der Waals surface area contributed by atoms with Crippen LogP contribution in [-0.4, -0.2) is 42.2 Å². The van der Waals surface area contributed by atoms with Gasteiger partial charge in [-0.3, -0.25) is 9.69 Å². The van der Waals surface area contributed by atoms with E-state index in [1.165, 1.54) is 5.56 Å². The fraction of sp³-hybridized carbons (Fsp3) is 0.350. The van der Waals surface area contributed by atoms with Crippen molar-refractivity contribution >= 4 is 16.1 Å². The van der Waals surface area contributed by atoms with E-state index in [4.69, 9.17) is 0 Å². The molecule has 2 aliphatic rings. The van der Waals surface area contributed by atoms with Crippen LogP contribution < -0.4 is 4.72 Å². The van der Waals surface area contributed by atoms with Crippen LogP contribution in [0, 0.1) is 0 Å². The third-order valence-corrected chi connectivity index (χ3v) is 6.90. The van der Waals surface area contributed by atoms with Crippen molar-refractivity contribution in [3.63, 3.8) is 0 Å². The Morgan fingerprint density at radius 2 is 1.37 bits per heavy atom. The van der Waals surface area contributed by atoms with Crippen LogP contribution in [0.2, 0.25) is 0 Å². The van der Waals surface area contributed by atoms with E-state index in [9.17, 15) is 13.2 Å². The van der Waals surface area contributed by atoms with E-state index in [2.05, 4.69) is 21.8 Å². The number of carbonyl (C=O) groups excluding carboxylic acids is 1. The lowest BCUT2D eigenvalue weighted by Crippen LogP contribution is -2.54.